The fourth-order valence-electron chi connectivity index (χ4n) is 5.57. The Morgan fingerprint density at radius 1 is 1.09 bits per heavy atom. The molecule has 1 aliphatic carbocycles. The highest BCUT2D eigenvalue weighted by Crippen LogP contribution is 2.34. The van der Waals surface area contributed by atoms with Gasteiger partial charge in [-0.2, -0.15) is 10.2 Å². The number of ether oxygens (including phenoxy) is 2. The lowest BCUT2D eigenvalue weighted by molar-refractivity contribution is -0.0590. The molecule has 1 N–H and O–H groups in total. The quantitative estimate of drug-likeness (QED) is 0.227. The Morgan fingerprint density at radius 3 is 2.74 bits per heavy atom. The van der Waals surface area contributed by atoms with Crippen LogP contribution in [0.2, 0.25) is 5.02 Å². The molecule has 0 radical (unpaired) electrons. The Labute approximate surface area is 250 Å². The van der Waals surface area contributed by atoms with Crippen LogP contribution in [0.4, 0.5) is 8.78 Å². The molecule has 4 heterocycles. The molecule has 220 valence electrons. The predicted octanol–water partition coefficient (Wildman–Crippen LogP) is 5.73. The van der Waals surface area contributed by atoms with Gasteiger partial charge < -0.3 is 14.0 Å². The molecule has 1 fully saturated rings. The molecule has 0 spiro atoms. The number of aromatic amines is 1. The van der Waals surface area contributed by atoms with Crippen LogP contribution < -0.4 is 4.74 Å². The molecule has 0 amide bonds. The third kappa shape index (κ3) is 5.84. The van der Waals surface area contributed by atoms with Crippen molar-refractivity contribution in [2.24, 2.45) is 5.92 Å². The standard InChI is InChI=1S/C30H27ClF2N8O2/c31-21-7-5-20(23(32)13-21)16-43-30-34-14-24(33)28(36-30)18-3-1-17(2-4-18)11-27-35-25-12-19(29-37-39-40-38-29)6-8-26(25)41(27)15-22-9-10-42-22/h3,5-8,12-14,17,22H,1-2,4,9-11,15-16H2,(H,37,38,39,40)/t17?,22-/m0/s1. The molecule has 2 atom stereocenters. The lowest BCUT2D eigenvalue weighted by Crippen LogP contribution is -2.32. The minimum atomic E-state index is -0.519. The number of imidazole rings is 1. The number of aromatic nitrogens is 8. The lowest BCUT2D eigenvalue weighted by atomic mass is 9.86. The van der Waals surface area contributed by atoms with Gasteiger partial charge in [0.25, 0.3) is 0 Å². The van der Waals surface area contributed by atoms with Gasteiger partial charge in [0.2, 0.25) is 5.82 Å². The van der Waals surface area contributed by atoms with Crippen LogP contribution in [0, 0.1) is 17.6 Å². The average molecular weight is 605 g/mol. The number of rotatable bonds is 9. The largest absolute Gasteiger partial charge is 0.458 e. The van der Waals surface area contributed by atoms with E-state index in [1.807, 2.05) is 24.3 Å². The first-order valence-electron chi connectivity index (χ1n) is 14.1. The van der Waals surface area contributed by atoms with Crippen LogP contribution in [0.1, 0.15) is 42.8 Å². The molecule has 2 aliphatic rings. The summed E-state index contributed by atoms with van der Waals surface area (Å²) in [6, 6.07) is 10.3. The second-order valence-electron chi connectivity index (χ2n) is 10.8. The summed E-state index contributed by atoms with van der Waals surface area (Å²) < 4.78 is 42.5. The molecule has 10 nitrogen and oxygen atoms in total. The van der Waals surface area contributed by atoms with Gasteiger partial charge in [0.15, 0.2) is 5.82 Å². The number of benzene rings is 2. The van der Waals surface area contributed by atoms with Gasteiger partial charge in [-0.3, -0.25) is 0 Å². The van der Waals surface area contributed by atoms with Gasteiger partial charge in [0.1, 0.15) is 23.9 Å². The fraction of sp³-hybridized carbons (Fsp3) is 0.333. The van der Waals surface area contributed by atoms with Crippen LogP contribution in [0.5, 0.6) is 6.01 Å². The number of hydrogen-bond acceptors (Lipinski definition) is 8. The van der Waals surface area contributed by atoms with Gasteiger partial charge in [-0.1, -0.05) is 23.7 Å². The van der Waals surface area contributed by atoms with Crippen LogP contribution in [-0.4, -0.2) is 52.9 Å². The monoisotopic (exact) mass is 604 g/mol. The number of fused-ring (bicyclic) bond motifs is 1. The maximum absolute atomic E-state index is 14.8. The van der Waals surface area contributed by atoms with E-state index >= 15 is 0 Å². The summed E-state index contributed by atoms with van der Waals surface area (Å²) in [6.45, 7) is 1.43. The van der Waals surface area contributed by atoms with Crippen LogP contribution in [0.15, 0.2) is 48.7 Å². The highest BCUT2D eigenvalue weighted by molar-refractivity contribution is 6.30. The van der Waals surface area contributed by atoms with E-state index in [0.29, 0.717) is 28.7 Å². The number of tetrazole rings is 1. The summed E-state index contributed by atoms with van der Waals surface area (Å²) in [7, 11) is 0. The first kappa shape index (κ1) is 27.5. The van der Waals surface area contributed by atoms with E-state index < -0.39 is 11.6 Å². The summed E-state index contributed by atoms with van der Waals surface area (Å²) in [5, 5.41) is 14.6. The van der Waals surface area contributed by atoms with Gasteiger partial charge >= 0.3 is 6.01 Å². The zero-order valence-electron chi connectivity index (χ0n) is 23.0. The third-order valence-corrected chi connectivity index (χ3v) is 8.23. The van der Waals surface area contributed by atoms with Crippen molar-refractivity contribution in [2.75, 3.05) is 6.61 Å². The Morgan fingerprint density at radius 2 is 2.00 bits per heavy atom. The van der Waals surface area contributed by atoms with Crippen molar-refractivity contribution in [1.29, 1.82) is 0 Å². The van der Waals surface area contributed by atoms with Crippen molar-refractivity contribution in [3.05, 3.63) is 82.4 Å². The van der Waals surface area contributed by atoms with E-state index in [0.717, 1.165) is 73.0 Å². The van der Waals surface area contributed by atoms with E-state index in [1.54, 1.807) is 6.07 Å². The molecule has 7 rings (SSSR count). The van der Waals surface area contributed by atoms with Crippen LogP contribution in [-0.2, 0) is 24.3 Å². The Hall–Kier alpha value is -4.29. The summed E-state index contributed by atoms with van der Waals surface area (Å²) in [4.78, 5) is 13.3. The maximum atomic E-state index is 14.8. The molecule has 2 aromatic carbocycles. The molecule has 3 aromatic heterocycles. The summed E-state index contributed by atoms with van der Waals surface area (Å²) in [5.41, 5.74) is 4.08. The number of nitrogens with zero attached hydrogens (tertiary/aromatic N) is 7. The molecule has 0 saturated carbocycles. The number of halogens is 3. The number of nitrogens with one attached hydrogen (secondary N) is 1. The fourth-order valence-corrected chi connectivity index (χ4v) is 5.73. The summed E-state index contributed by atoms with van der Waals surface area (Å²) in [5.74, 6) is 0.835. The first-order chi connectivity index (χ1) is 21.0. The van der Waals surface area contributed by atoms with Crippen molar-refractivity contribution < 1.29 is 18.3 Å². The van der Waals surface area contributed by atoms with E-state index in [-0.39, 0.29) is 24.4 Å². The van der Waals surface area contributed by atoms with E-state index in [1.165, 1.54) is 12.1 Å². The third-order valence-electron chi connectivity index (χ3n) is 8.00. The van der Waals surface area contributed by atoms with Crippen molar-refractivity contribution in [1.82, 2.24) is 40.1 Å². The topological polar surface area (TPSA) is 117 Å². The van der Waals surface area contributed by atoms with E-state index in [4.69, 9.17) is 26.1 Å². The molecule has 1 saturated heterocycles. The van der Waals surface area contributed by atoms with Crippen LogP contribution in [0.25, 0.3) is 28.0 Å². The van der Waals surface area contributed by atoms with Crippen LogP contribution >= 0.6 is 11.6 Å². The number of H-pyrrole nitrogens is 1. The van der Waals surface area contributed by atoms with E-state index in [2.05, 4.69) is 35.2 Å². The van der Waals surface area contributed by atoms with Crippen molar-refractivity contribution >= 4 is 28.2 Å². The van der Waals surface area contributed by atoms with Gasteiger partial charge in [-0.25, -0.2) is 18.7 Å². The second-order valence-corrected chi connectivity index (χ2v) is 11.2. The van der Waals surface area contributed by atoms with Gasteiger partial charge in [-0.15, -0.1) is 10.2 Å². The van der Waals surface area contributed by atoms with Crippen molar-refractivity contribution in [3.63, 3.8) is 0 Å². The molecule has 43 heavy (non-hydrogen) atoms. The molecule has 5 aromatic rings. The summed E-state index contributed by atoms with van der Waals surface area (Å²) in [6.07, 6.45) is 7.36. The van der Waals surface area contributed by atoms with Crippen LogP contribution in [0.3, 0.4) is 0 Å². The SMILES string of the molecule is Fc1cc(Cl)ccc1COc1ncc(F)c(C2=CCC(Cc3nc4cc(-c5nn[nH]n5)ccc4n3C[C@@H]3CCO3)CC2)n1. The Kier molecular flexibility index (Phi) is 7.54. The van der Waals surface area contributed by atoms with Gasteiger partial charge in [-0.05, 0) is 72.7 Å². The molecule has 0 bridgehead atoms. The molecule has 1 aliphatic heterocycles. The highest BCUT2D eigenvalue weighted by atomic mass is 35.5. The first-order valence-corrected chi connectivity index (χ1v) is 14.5. The number of hydrogen-bond donors (Lipinski definition) is 1. The van der Waals surface area contributed by atoms with Crippen molar-refractivity contribution in [2.45, 2.75) is 51.4 Å². The zero-order chi connectivity index (χ0) is 29.3. The highest BCUT2D eigenvalue weighted by Gasteiger charge is 2.25. The second kappa shape index (κ2) is 11.8. The van der Waals surface area contributed by atoms with Crippen molar-refractivity contribution in [3.8, 4) is 17.4 Å². The average Bonchev–Trinajstić information content (AvgIpc) is 3.64. The molecular formula is C30H27ClF2N8O2. The molecule has 13 heteroatoms. The van der Waals surface area contributed by atoms with E-state index in [9.17, 15) is 8.78 Å². The lowest BCUT2D eigenvalue weighted by Gasteiger charge is -2.28. The Bertz CT molecular complexity index is 1810. The predicted molar refractivity (Wildman–Crippen MR) is 154 cm³/mol. The normalized spacial score (nSPS) is 18.4. The van der Waals surface area contributed by atoms with Gasteiger partial charge in [0, 0.05) is 29.2 Å². The molecule has 1 unspecified atom stereocenters. The van der Waals surface area contributed by atoms with Gasteiger partial charge in [0.05, 0.1) is 29.9 Å². The smallest absolute Gasteiger partial charge is 0.317 e. The Balaban J connectivity index is 1.07. The summed E-state index contributed by atoms with van der Waals surface area (Å²) >= 11 is 5.82. The zero-order valence-corrected chi connectivity index (χ0v) is 23.8. The molecular weight excluding hydrogens is 578 g/mol. The number of allylic oxidation sites excluding steroid dienone is 2. The minimum Gasteiger partial charge on any atom is -0.458 e. The maximum Gasteiger partial charge on any atom is 0.317 e. The minimum absolute atomic E-state index is 0.0131.